The highest BCUT2D eigenvalue weighted by molar-refractivity contribution is 6.02. The number of nitrogens with zero attached hydrogens (tertiary/aromatic N) is 2. The normalized spacial score (nSPS) is 21.6. The molecule has 130 valence electrons. The number of hydrogen-bond donors (Lipinski definition) is 1. The number of likely N-dealkylation sites (N-methyl/N-ethyl adjacent to an activating group) is 1. The number of carbonyl (C=O) groups is 1. The average molecular weight is 335 g/mol. The standard InChI is InChI=1S/C21H25N3O/c1-14-9-8-10-15(2)19(14)22-21(25)23-20-16(3)18(13-24(20)4)17-11-6-5-7-12-17/h5-12,16,18H,13H2,1-4H3,(H,22,25)/b23-20+. The summed E-state index contributed by atoms with van der Waals surface area (Å²) in [6.07, 6.45) is 0. The highest BCUT2D eigenvalue weighted by atomic mass is 16.2. The molecule has 1 N–H and O–H groups in total. The van der Waals surface area contributed by atoms with E-state index >= 15 is 0 Å². The van der Waals surface area contributed by atoms with Gasteiger partial charge in [0.1, 0.15) is 5.84 Å². The van der Waals surface area contributed by atoms with Gasteiger partial charge in [0.15, 0.2) is 0 Å². The van der Waals surface area contributed by atoms with Crippen LogP contribution in [0.25, 0.3) is 0 Å². The summed E-state index contributed by atoms with van der Waals surface area (Å²) in [6.45, 7) is 7.00. The Bertz CT molecular complexity index is 778. The first-order chi connectivity index (χ1) is 12.0. The molecule has 2 unspecified atom stereocenters. The number of para-hydroxylation sites is 1. The maximum absolute atomic E-state index is 12.5. The van der Waals surface area contributed by atoms with Crippen LogP contribution in [0.1, 0.15) is 29.5 Å². The third kappa shape index (κ3) is 3.58. The van der Waals surface area contributed by atoms with Gasteiger partial charge in [0.25, 0.3) is 0 Å². The van der Waals surface area contributed by atoms with Gasteiger partial charge in [-0.2, -0.15) is 4.99 Å². The number of carbonyl (C=O) groups excluding carboxylic acids is 1. The molecule has 1 aliphatic heterocycles. The number of anilines is 1. The van der Waals surface area contributed by atoms with Gasteiger partial charge in [-0.05, 0) is 30.5 Å². The largest absolute Gasteiger partial charge is 0.362 e. The van der Waals surface area contributed by atoms with Crippen molar-refractivity contribution in [1.29, 1.82) is 0 Å². The minimum atomic E-state index is -0.306. The van der Waals surface area contributed by atoms with Crippen LogP contribution in [0.3, 0.4) is 0 Å². The zero-order valence-corrected chi connectivity index (χ0v) is 15.3. The van der Waals surface area contributed by atoms with Crippen molar-refractivity contribution in [3.8, 4) is 0 Å². The predicted molar refractivity (Wildman–Crippen MR) is 103 cm³/mol. The lowest BCUT2D eigenvalue weighted by atomic mass is 9.90. The molecule has 2 amide bonds. The molecular weight excluding hydrogens is 310 g/mol. The SMILES string of the molecule is Cc1cccc(C)c1NC(=O)/N=C1\C(C)C(c2ccccc2)CN1C. The molecule has 4 heteroatoms. The molecule has 0 bridgehead atoms. The van der Waals surface area contributed by atoms with E-state index in [0.717, 1.165) is 29.2 Å². The number of likely N-dealkylation sites (tertiary alicyclic amines) is 1. The molecule has 0 aromatic heterocycles. The van der Waals surface area contributed by atoms with E-state index in [0.29, 0.717) is 5.92 Å². The predicted octanol–water partition coefficient (Wildman–Crippen LogP) is 4.60. The smallest absolute Gasteiger partial charge is 0.347 e. The van der Waals surface area contributed by atoms with E-state index in [9.17, 15) is 4.79 Å². The fraction of sp³-hybridized carbons (Fsp3) is 0.333. The Morgan fingerprint density at radius 1 is 1.08 bits per heavy atom. The Morgan fingerprint density at radius 2 is 1.72 bits per heavy atom. The topological polar surface area (TPSA) is 44.7 Å². The summed E-state index contributed by atoms with van der Waals surface area (Å²) in [7, 11) is 2.00. The van der Waals surface area contributed by atoms with Crippen molar-refractivity contribution < 1.29 is 4.79 Å². The number of hydrogen-bond acceptors (Lipinski definition) is 1. The van der Waals surface area contributed by atoms with E-state index in [1.165, 1.54) is 5.56 Å². The van der Waals surface area contributed by atoms with E-state index in [1.807, 2.05) is 45.2 Å². The highest BCUT2D eigenvalue weighted by Crippen LogP contribution is 2.33. The van der Waals surface area contributed by atoms with Gasteiger partial charge < -0.3 is 10.2 Å². The molecule has 0 spiro atoms. The van der Waals surface area contributed by atoms with Crippen molar-refractivity contribution in [3.05, 3.63) is 65.2 Å². The lowest BCUT2D eigenvalue weighted by Gasteiger charge is -2.14. The summed E-state index contributed by atoms with van der Waals surface area (Å²) < 4.78 is 0. The number of nitrogens with one attached hydrogen (secondary N) is 1. The van der Waals surface area contributed by atoms with Gasteiger partial charge in [0.2, 0.25) is 0 Å². The fourth-order valence-corrected chi connectivity index (χ4v) is 3.61. The fourth-order valence-electron chi connectivity index (χ4n) is 3.61. The van der Waals surface area contributed by atoms with E-state index < -0.39 is 0 Å². The van der Waals surface area contributed by atoms with Crippen LogP contribution in [0.15, 0.2) is 53.5 Å². The number of benzene rings is 2. The molecule has 2 aromatic carbocycles. The summed E-state index contributed by atoms with van der Waals surface area (Å²) >= 11 is 0. The zero-order chi connectivity index (χ0) is 18.0. The molecule has 0 saturated carbocycles. The Labute approximate surface area is 149 Å². The van der Waals surface area contributed by atoms with Gasteiger partial charge in [-0.15, -0.1) is 0 Å². The molecule has 25 heavy (non-hydrogen) atoms. The molecular formula is C21H25N3O. The van der Waals surface area contributed by atoms with Crippen molar-refractivity contribution in [2.24, 2.45) is 10.9 Å². The first-order valence-corrected chi connectivity index (χ1v) is 8.69. The van der Waals surface area contributed by atoms with Crippen LogP contribution in [0.5, 0.6) is 0 Å². The molecule has 1 fully saturated rings. The summed E-state index contributed by atoms with van der Waals surface area (Å²) in [5.74, 6) is 1.41. The Kier molecular flexibility index (Phi) is 4.88. The minimum Gasteiger partial charge on any atom is -0.362 e. The van der Waals surface area contributed by atoms with Crippen LogP contribution in [0.4, 0.5) is 10.5 Å². The Hall–Kier alpha value is -2.62. The van der Waals surface area contributed by atoms with Crippen molar-refractivity contribution in [1.82, 2.24) is 4.90 Å². The van der Waals surface area contributed by atoms with E-state index in [1.54, 1.807) is 0 Å². The van der Waals surface area contributed by atoms with Gasteiger partial charge >= 0.3 is 6.03 Å². The summed E-state index contributed by atoms with van der Waals surface area (Å²) in [5.41, 5.74) is 4.24. The van der Waals surface area contributed by atoms with Gasteiger partial charge in [-0.1, -0.05) is 55.5 Å². The van der Waals surface area contributed by atoms with Crippen LogP contribution in [-0.2, 0) is 0 Å². The first-order valence-electron chi connectivity index (χ1n) is 8.69. The monoisotopic (exact) mass is 335 g/mol. The first kappa shape index (κ1) is 17.2. The van der Waals surface area contributed by atoms with Crippen LogP contribution in [0.2, 0.25) is 0 Å². The number of aliphatic imine (C=N–C) groups is 1. The van der Waals surface area contributed by atoms with E-state index in [2.05, 4.69) is 46.4 Å². The minimum absolute atomic E-state index is 0.205. The van der Waals surface area contributed by atoms with E-state index in [4.69, 9.17) is 0 Å². The van der Waals surface area contributed by atoms with Crippen LogP contribution >= 0.6 is 0 Å². The van der Waals surface area contributed by atoms with Crippen LogP contribution in [-0.4, -0.2) is 30.4 Å². The van der Waals surface area contributed by atoms with E-state index in [-0.39, 0.29) is 11.9 Å². The maximum atomic E-state index is 12.5. The second-order valence-corrected chi connectivity index (χ2v) is 6.85. The molecule has 0 aliphatic carbocycles. The van der Waals surface area contributed by atoms with Gasteiger partial charge in [0.05, 0.1) is 0 Å². The molecule has 4 nitrogen and oxygen atoms in total. The second kappa shape index (κ2) is 7.09. The molecule has 2 aromatic rings. The highest BCUT2D eigenvalue weighted by Gasteiger charge is 2.34. The van der Waals surface area contributed by atoms with Crippen molar-refractivity contribution in [2.75, 3.05) is 18.9 Å². The summed E-state index contributed by atoms with van der Waals surface area (Å²) in [6, 6.07) is 16.1. The number of rotatable bonds is 2. The number of amidine groups is 1. The molecule has 2 atom stereocenters. The third-order valence-electron chi connectivity index (χ3n) is 5.03. The Morgan fingerprint density at radius 3 is 2.36 bits per heavy atom. The average Bonchev–Trinajstić information content (AvgIpc) is 2.87. The number of aryl methyl sites for hydroxylation is 2. The number of amides is 2. The Balaban J connectivity index is 1.80. The van der Waals surface area contributed by atoms with Gasteiger partial charge in [-0.25, -0.2) is 4.79 Å². The van der Waals surface area contributed by atoms with Crippen molar-refractivity contribution in [3.63, 3.8) is 0 Å². The molecule has 1 aliphatic rings. The number of urea groups is 1. The molecule has 0 radical (unpaired) electrons. The maximum Gasteiger partial charge on any atom is 0.347 e. The van der Waals surface area contributed by atoms with Crippen molar-refractivity contribution in [2.45, 2.75) is 26.7 Å². The summed E-state index contributed by atoms with van der Waals surface area (Å²) in [5, 5.41) is 2.95. The summed E-state index contributed by atoms with van der Waals surface area (Å²) in [4.78, 5) is 19.0. The quantitative estimate of drug-likeness (QED) is 0.872. The van der Waals surface area contributed by atoms with Crippen molar-refractivity contribution >= 4 is 17.6 Å². The van der Waals surface area contributed by atoms with Crippen LogP contribution in [0, 0.1) is 19.8 Å². The zero-order valence-electron chi connectivity index (χ0n) is 15.3. The molecule has 1 saturated heterocycles. The van der Waals surface area contributed by atoms with Gasteiger partial charge in [-0.3, -0.25) is 0 Å². The lowest BCUT2D eigenvalue weighted by Crippen LogP contribution is -2.24. The molecule has 3 rings (SSSR count). The lowest BCUT2D eigenvalue weighted by molar-refractivity contribution is 0.259. The molecule has 1 heterocycles. The second-order valence-electron chi connectivity index (χ2n) is 6.85. The van der Waals surface area contributed by atoms with Gasteiger partial charge in [0, 0.05) is 31.1 Å². The van der Waals surface area contributed by atoms with Crippen LogP contribution < -0.4 is 5.32 Å². The third-order valence-corrected chi connectivity index (χ3v) is 5.03.